The van der Waals surface area contributed by atoms with Gasteiger partial charge in [0.2, 0.25) is 5.91 Å². The van der Waals surface area contributed by atoms with E-state index in [-0.39, 0.29) is 50.1 Å². The number of methoxy groups -OCH3 is 1. The van der Waals surface area contributed by atoms with Crippen molar-refractivity contribution >= 4 is 46.2 Å². The second kappa shape index (κ2) is 16.0. The molecule has 1 aliphatic heterocycles. The number of aromatic nitrogens is 5. The van der Waals surface area contributed by atoms with Crippen LogP contribution in [0.2, 0.25) is 5.04 Å². The summed E-state index contributed by atoms with van der Waals surface area (Å²) < 4.78 is 37.4. The molecule has 0 unspecified atom stereocenters. The summed E-state index contributed by atoms with van der Waals surface area (Å²) in [5, 5.41) is 14.3. The van der Waals surface area contributed by atoms with Crippen molar-refractivity contribution in [1.82, 2.24) is 29.4 Å². The lowest BCUT2D eigenvalue weighted by Crippen LogP contribution is -2.66. The first-order valence-corrected chi connectivity index (χ1v) is 21.6. The van der Waals surface area contributed by atoms with E-state index in [1.807, 2.05) is 36.4 Å². The van der Waals surface area contributed by atoms with Crippen molar-refractivity contribution in [2.45, 2.75) is 70.7 Å². The Morgan fingerprint density at radius 3 is 2.19 bits per heavy atom. The van der Waals surface area contributed by atoms with Crippen LogP contribution >= 0.6 is 11.3 Å². The molecule has 4 heterocycles. The third-order valence-electron chi connectivity index (χ3n) is 10.9. The van der Waals surface area contributed by atoms with Gasteiger partial charge in [-0.05, 0) is 53.9 Å². The number of halogens is 1. The number of aryl methyl sites for hydroxylation is 1. The monoisotopic (exact) mass is 810 g/mol. The lowest BCUT2D eigenvalue weighted by Gasteiger charge is -2.43. The largest absolute Gasteiger partial charge is 0.496 e. The summed E-state index contributed by atoms with van der Waals surface area (Å²) in [5.41, 5.74) is -1.09. The number of nitrogens with zero attached hydrogens (tertiary/aromatic N) is 5. The first-order valence-electron chi connectivity index (χ1n) is 18.9. The van der Waals surface area contributed by atoms with Crippen LogP contribution in [0.3, 0.4) is 0 Å². The average Bonchev–Trinajstić information content (AvgIpc) is 3.85. The van der Waals surface area contributed by atoms with Crippen LogP contribution in [0.25, 0.3) is 15.2 Å². The van der Waals surface area contributed by atoms with E-state index in [1.165, 1.54) is 63.0 Å². The number of piperidine rings is 1. The summed E-state index contributed by atoms with van der Waals surface area (Å²) in [6, 6.07) is 24.7. The molecule has 1 N–H and O–H groups in total. The van der Waals surface area contributed by atoms with Gasteiger partial charge in [0, 0.05) is 24.1 Å². The summed E-state index contributed by atoms with van der Waals surface area (Å²) >= 11 is 1.21. The molecule has 0 aliphatic carbocycles. The molecule has 1 aliphatic rings. The van der Waals surface area contributed by atoms with Crippen LogP contribution < -0.4 is 31.7 Å². The summed E-state index contributed by atoms with van der Waals surface area (Å²) in [5.74, 6) is -0.278. The number of fused-ring (bicyclic) bond motifs is 1. The van der Waals surface area contributed by atoms with Gasteiger partial charge in [-0.2, -0.15) is 10.2 Å². The van der Waals surface area contributed by atoms with Gasteiger partial charge >= 0.3 is 5.69 Å². The summed E-state index contributed by atoms with van der Waals surface area (Å²) in [6.45, 7) is 10.5. The van der Waals surface area contributed by atoms with Crippen molar-refractivity contribution in [3.8, 4) is 10.8 Å². The van der Waals surface area contributed by atoms with Crippen LogP contribution in [0.1, 0.15) is 57.8 Å². The Bertz CT molecular complexity index is 2450. The van der Waals surface area contributed by atoms with Crippen molar-refractivity contribution in [3.05, 3.63) is 129 Å². The van der Waals surface area contributed by atoms with Crippen LogP contribution in [0.5, 0.6) is 5.75 Å². The number of ether oxygens (including phenoxy) is 2. The molecule has 57 heavy (non-hydrogen) atoms. The van der Waals surface area contributed by atoms with Crippen molar-refractivity contribution in [2.75, 3.05) is 26.9 Å². The molecule has 1 amide bonds. The third kappa shape index (κ3) is 7.40. The Morgan fingerprint density at radius 2 is 1.61 bits per heavy atom. The van der Waals surface area contributed by atoms with E-state index in [2.05, 4.69) is 60.6 Å². The molecule has 12 nitrogen and oxygen atoms in total. The van der Waals surface area contributed by atoms with Gasteiger partial charge < -0.3 is 19.2 Å². The van der Waals surface area contributed by atoms with Gasteiger partial charge in [0.05, 0.1) is 50.2 Å². The highest BCUT2D eigenvalue weighted by atomic mass is 32.1. The SMILES string of the molecule is COc1ccc(F)cc1[C@H](Cn1c(=O)n([C@@]2(C)CCC(=O)NC2)c(=O)c2c(C)c(-n3nccn3)sc21)OCCO[Si](c1ccccc1)(c1ccccc1)C(C)(C)C. The fraction of sp³-hybridized carbons (Fsp3) is 0.357. The lowest BCUT2D eigenvalue weighted by atomic mass is 9.91. The number of nitrogens with one attached hydrogen (secondary N) is 1. The van der Waals surface area contributed by atoms with Crippen LogP contribution in [0, 0.1) is 12.7 Å². The number of carbonyl (C=O) groups is 1. The van der Waals surface area contributed by atoms with Crippen molar-refractivity contribution < 1.29 is 23.1 Å². The first kappa shape index (κ1) is 40.0. The van der Waals surface area contributed by atoms with E-state index in [1.54, 1.807) is 13.8 Å². The second-order valence-corrected chi connectivity index (χ2v) is 20.9. The molecule has 1 fully saturated rings. The second-order valence-electron chi connectivity index (χ2n) is 15.6. The van der Waals surface area contributed by atoms with E-state index in [0.717, 1.165) is 10.4 Å². The number of thiophene rings is 1. The molecule has 15 heteroatoms. The molecule has 7 rings (SSSR count). The standard InChI is InChI=1S/C42H47FN6O6SSi/c1-28-36-37(51)48(42(5)20-19-35(50)44-27-42)40(52)47(39(36)56-38(28)49-45-21-22-46-49)26-34(32-25-29(43)17-18-33(32)53-6)54-23-24-55-57(41(2,3)4,30-13-9-7-10-14-30)31-15-11-8-12-16-31/h7-18,21-22,25,34H,19-20,23-24,26-27H2,1-6H3,(H,44,50)/t34-,42-/m0/s1. The average molecular weight is 811 g/mol. The highest BCUT2D eigenvalue weighted by Crippen LogP contribution is 2.38. The van der Waals surface area contributed by atoms with E-state index < -0.39 is 37.0 Å². The molecule has 2 atom stereocenters. The Labute approximate surface area is 335 Å². The molecule has 0 radical (unpaired) electrons. The number of hydrogen-bond donors (Lipinski definition) is 1. The van der Waals surface area contributed by atoms with Crippen molar-refractivity contribution in [3.63, 3.8) is 0 Å². The molecule has 0 spiro atoms. The highest BCUT2D eigenvalue weighted by molar-refractivity contribution is 7.21. The number of amides is 1. The van der Waals surface area contributed by atoms with Gasteiger partial charge in [0.1, 0.15) is 27.5 Å². The zero-order chi connectivity index (χ0) is 40.5. The zero-order valence-electron chi connectivity index (χ0n) is 33.0. The Kier molecular flexibility index (Phi) is 11.2. The molecule has 3 aromatic heterocycles. The minimum Gasteiger partial charge on any atom is -0.496 e. The molecule has 0 saturated carbocycles. The molecular formula is C42H47FN6O6SSi. The Balaban J connectivity index is 1.33. The zero-order valence-corrected chi connectivity index (χ0v) is 34.8. The topological polar surface area (TPSA) is 132 Å². The van der Waals surface area contributed by atoms with Crippen LogP contribution in [-0.2, 0) is 26.0 Å². The van der Waals surface area contributed by atoms with Crippen LogP contribution in [0.15, 0.2) is 101 Å². The van der Waals surface area contributed by atoms with Gasteiger partial charge in [0.15, 0.2) is 0 Å². The molecule has 298 valence electrons. The molecular weight excluding hydrogens is 764 g/mol. The minimum atomic E-state index is -2.92. The molecule has 3 aromatic carbocycles. The number of rotatable bonds is 13. The summed E-state index contributed by atoms with van der Waals surface area (Å²) in [6.07, 6.45) is 2.58. The number of hydrogen-bond acceptors (Lipinski definition) is 9. The van der Waals surface area contributed by atoms with Crippen LogP contribution in [0.4, 0.5) is 4.39 Å². The summed E-state index contributed by atoms with van der Waals surface area (Å²) in [4.78, 5) is 43.4. The third-order valence-corrected chi connectivity index (χ3v) is 17.2. The predicted molar refractivity (Wildman–Crippen MR) is 221 cm³/mol. The first-order chi connectivity index (χ1) is 27.3. The van der Waals surface area contributed by atoms with Crippen LogP contribution in [-0.4, -0.2) is 65.2 Å². The van der Waals surface area contributed by atoms with E-state index >= 15 is 4.39 Å². The lowest BCUT2D eigenvalue weighted by molar-refractivity contribution is -0.124. The quantitative estimate of drug-likeness (QED) is 0.124. The van der Waals surface area contributed by atoms with Gasteiger partial charge in [-0.25, -0.2) is 9.18 Å². The van der Waals surface area contributed by atoms with Gasteiger partial charge in [0.25, 0.3) is 13.9 Å². The summed E-state index contributed by atoms with van der Waals surface area (Å²) in [7, 11) is -1.43. The Hall–Kier alpha value is -5.22. The van der Waals surface area contributed by atoms with E-state index in [9.17, 15) is 14.4 Å². The highest BCUT2D eigenvalue weighted by Gasteiger charge is 2.50. The minimum absolute atomic E-state index is 0.0854. The maximum Gasteiger partial charge on any atom is 0.332 e. The number of carbonyl (C=O) groups excluding carboxylic acids is 1. The van der Waals surface area contributed by atoms with E-state index in [4.69, 9.17) is 13.9 Å². The van der Waals surface area contributed by atoms with E-state index in [0.29, 0.717) is 32.1 Å². The fourth-order valence-electron chi connectivity index (χ4n) is 8.03. The smallest absolute Gasteiger partial charge is 0.332 e. The van der Waals surface area contributed by atoms with Gasteiger partial charge in [-0.15, -0.1) is 4.80 Å². The predicted octanol–water partition coefficient (Wildman–Crippen LogP) is 5.22. The maximum atomic E-state index is 15.1. The molecule has 1 saturated heterocycles. The fourth-order valence-corrected chi connectivity index (χ4v) is 13.8. The van der Waals surface area contributed by atoms with Crippen molar-refractivity contribution in [2.24, 2.45) is 0 Å². The Morgan fingerprint density at radius 1 is 0.965 bits per heavy atom. The molecule has 6 aromatic rings. The maximum absolute atomic E-state index is 15.1. The van der Waals surface area contributed by atoms with Crippen molar-refractivity contribution in [1.29, 1.82) is 0 Å². The molecule has 0 bridgehead atoms. The normalized spacial score (nSPS) is 16.8. The van der Waals surface area contributed by atoms with Gasteiger partial charge in [-0.3, -0.25) is 18.7 Å². The van der Waals surface area contributed by atoms with Gasteiger partial charge in [-0.1, -0.05) is 92.8 Å². The number of benzene rings is 3.